The molecule has 0 atom stereocenters. The zero-order valence-corrected chi connectivity index (χ0v) is 21.2. The van der Waals surface area contributed by atoms with Crippen LogP contribution in [0.5, 0.6) is 0 Å². The summed E-state index contributed by atoms with van der Waals surface area (Å²) in [5.74, 6) is 1.12. The SMILES string of the molecule is CCCCCCN(C(=O)CSc1nnc(-c2ccccc2)n1C)c1nc(-c2ccccc2)cs1. The highest BCUT2D eigenvalue weighted by Gasteiger charge is 2.21. The monoisotopic (exact) mass is 491 g/mol. The zero-order valence-electron chi connectivity index (χ0n) is 19.6. The number of benzene rings is 2. The van der Waals surface area contributed by atoms with Gasteiger partial charge in [-0.15, -0.1) is 21.5 Å². The molecule has 0 saturated heterocycles. The quantitative estimate of drug-likeness (QED) is 0.182. The van der Waals surface area contributed by atoms with Crippen molar-refractivity contribution in [2.75, 3.05) is 17.2 Å². The van der Waals surface area contributed by atoms with Crippen LogP contribution in [0.2, 0.25) is 0 Å². The van der Waals surface area contributed by atoms with E-state index in [4.69, 9.17) is 4.98 Å². The molecule has 4 rings (SSSR count). The van der Waals surface area contributed by atoms with Gasteiger partial charge in [-0.2, -0.15) is 0 Å². The largest absolute Gasteiger partial charge is 0.305 e. The van der Waals surface area contributed by atoms with E-state index < -0.39 is 0 Å². The Morgan fingerprint density at radius 1 is 0.971 bits per heavy atom. The Balaban J connectivity index is 1.47. The Morgan fingerprint density at radius 3 is 2.38 bits per heavy atom. The van der Waals surface area contributed by atoms with Crippen LogP contribution in [0.1, 0.15) is 32.6 Å². The third kappa shape index (κ3) is 5.93. The average molecular weight is 492 g/mol. The smallest absolute Gasteiger partial charge is 0.239 e. The molecule has 0 bridgehead atoms. The second kappa shape index (κ2) is 11.9. The van der Waals surface area contributed by atoms with E-state index >= 15 is 0 Å². The lowest BCUT2D eigenvalue weighted by Gasteiger charge is -2.19. The van der Waals surface area contributed by atoms with Crippen LogP contribution in [0.3, 0.4) is 0 Å². The highest BCUT2D eigenvalue weighted by atomic mass is 32.2. The van der Waals surface area contributed by atoms with Crippen molar-refractivity contribution in [1.82, 2.24) is 19.7 Å². The van der Waals surface area contributed by atoms with Crippen LogP contribution in [-0.2, 0) is 11.8 Å². The van der Waals surface area contributed by atoms with Crippen LogP contribution >= 0.6 is 23.1 Å². The van der Waals surface area contributed by atoms with Crippen molar-refractivity contribution in [2.24, 2.45) is 7.05 Å². The summed E-state index contributed by atoms with van der Waals surface area (Å²) in [5, 5.41) is 12.2. The molecule has 0 spiro atoms. The standard InChI is InChI=1S/C26H29N5OS2/c1-3-4-5-12-17-31(25-27-22(18-33-25)20-13-8-6-9-14-20)23(32)19-34-26-29-28-24(30(26)2)21-15-10-7-11-16-21/h6-11,13-16,18H,3-5,12,17,19H2,1-2H3. The van der Waals surface area contributed by atoms with Gasteiger partial charge in [-0.05, 0) is 6.42 Å². The van der Waals surface area contributed by atoms with E-state index in [1.807, 2.05) is 82.6 Å². The number of hydrogen-bond donors (Lipinski definition) is 0. The summed E-state index contributed by atoms with van der Waals surface area (Å²) in [5.41, 5.74) is 2.97. The number of unbranched alkanes of at least 4 members (excludes halogenated alkanes) is 3. The molecule has 8 heteroatoms. The van der Waals surface area contributed by atoms with Gasteiger partial charge in [0.1, 0.15) is 0 Å². The van der Waals surface area contributed by atoms with Crippen molar-refractivity contribution in [1.29, 1.82) is 0 Å². The molecule has 0 unspecified atom stereocenters. The normalized spacial score (nSPS) is 11.0. The summed E-state index contributed by atoms with van der Waals surface area (Å²) in [6.45, 7) is 2.87. The van der Waals surface area contributed by atoms with Gasteiger partial charge in [-0.3, -0.25) is 9.69 Å². The van der Waals surface area contributed by atoms with Gasteiger partial charge < -0.3 is 4.57 Å². The Hall–Kier alpha value is -2.97. The molecule has 1 amide bonds. The van der Waals surface area contributed by atoms with Gasteiger partial charge in [0, 0.05) is 30.1 Å². The maximum absolute atomic E-state index is 13.3. The highest BCUT2D eigenvalue weighted by Crippen LogP contribution is 2.29. The molecule has 0 fully saturated rings. The van der Waals surface area contributed by atoms with E-state index in [0.717, 1.165) is 52.2 Å². The van der Waals surface area contributed by atoms with E-state index in [9.17, 15) is 4.79 Å². The maximum atomic E-state index is 13.3. The first-order valence-corrected chi connectivity index (χ1v) is 13.4. The molecule has 0 N–H and O–H groups in total. The lowest BCUT2D eigenvalue weighted by atomic mass is 10.2. The van der Waals surface area contributed by atoms with Gasteiger partial charge >= 0.3 is 0 Å². The summed E-state index contributed by atoms with van der Waals surface area (Å²) in [6, 6.07) is 20.0. The average Bonchev–Trinajstić information content (AvgIpc) is 3.51. The summed E-state index contributed by atoms with van der Waals surface area (Å²) >= 11 is 2.94. The number of carbonyl (C=O) groups is 1. The Labute approximate surface area is 209 Å². The minimum atomic E-state index is 0.0414. The van der Waals surface area contributed by atoms with E-state index in [-0.39, 0.29) is 11.7 Å². The summed E-state index contributed by atoms with van der Waals surface area (Å²) in [6.07, 6.45) is 4.40. The maximum Gasteiger partial charge on any atom is 0.239 e. The number of thiazole rings is 1. The predicted octanol–water partition coefficient (Wildman–Crippen LogP) is 6.31. The molecule has 6 nitrogen and oxygen atoms in total. The molecule has 0 saturated carbocycles. The Kier molecular flexibility index (Phi) is 8.49. The van der Waals surface area contributed by atoms with Gasteiger partial charge in [0.05, 0.1) is 11.4 Å². The van der Waals surface area contributed by atoms with Crippen LogP contribution < -0.4 is 4.90 Å². The molecule has 2 aromatic carbocycles. The third-order valence-electron chi connectivity index (χ3n) is 5.52. The zero-order chi connectivity index (χ0) is 23.8. The van der Waals surface area contributed by atoms with Crippen LogP contribution in [-0.4, -0.2) is 38.0 Å². The topological polar surface area (TPSA) is 63.9 Å². The van der Waals surface area contributed by atoms with Gasteiger partial charge in [0.25, 0.3) is 0 Å². The van der Waals surface area contributed by atoms with Crippen LogP contribution in [0.25, 0.3) is 22.6 Å². The fourth-order valence-corrected chi connectivity index (χ4v) is 5.30. The lowest BCUT2D eigenvalue weighted by molar-refractivity contribution is -0.116. The second-order valence-corrected chi connectivity index (χ2v) is 9.79. The highest BCUT2D eigenvalue weighted by molar-refractivity contribution is 7.99. The molecule has 0 radical (unpaired) electrons. The number of amides is 1. The minimum absolute atomic E-state index is 0.0414. The molecule has 0 aliphatic carbocycles. The number of nitrogens with zero attached hydrogens (tertiary/aromatic N) is 5. The van der Waals surface area contributed by atoms with Crippen molar-refractivity contribution >= 4 is 34.1 Å². The molecule has 0 aliphatic heterocycles. The number of rotatable bonds is 11. The fraction of sp³-hybridized carbons (Fsp3) is 0.308. The summed E-state index contributed by atoms with van der Waals surface area (Å²) in [7, 11) is 1.94. The summed E-state index contributed by atoms with van der Waals surface area (Å²) < 4.78 is 1.94. The number of thioether (sulfide) groups is 1. The number of anilines is 1. The van der Waals surface area contributed by atoms with Gasteiger partial charge in [0.2, 0.25) is 5.91 Å². The van der Waals surface area contributed by atoms with Crippen LogP contribution in [0.15, 0.2) is 71.2 Å². The lowest BCUT2D eigenvalue weighted by Crippen LogP contribution is -2.33. The van der Waals surface area contributed by atoms with Gasteiger partial charge in [0.15, 0.2) is 16.1 Å². The third-order valence-corrected chi connectivity index (χ3v) is 7.39. The number of aromatic nitrogens is 4. The first kappa shape index (κ1) is 24.2. The van der Waals surface area contributed by atoms with Crippen molar-refractivity contribution < 1.29 is 4.79 Å². The molecule has 34 heavy (non-hydrogen) atoms. The van der Waals surface area contributed by atoms with Crippen LogP contribution in [0, 0.1) is 0 Å². The van der Waals surface area contributed by atoms with E-state index in [1.165, 1.54) is 29.5 Å². The Morgan fingerprint density at radius 2 is 1.68 bits per heavy atom. The Bertz CT molecular complexity index is 1190. The first-order chi connectivity index (χ1) is 16.7. The van der Waals surface area contributed by atoms with E-state index in [2.05, 4.69) is 17.1 Å². The fourth-order valence-electron chi connectivity index (χ4n) is 3.64. The van der Waals surface area contributed by atoms with Gasteiger partial charge in [-0.1, -0.05) is 98.6 Å². The first-order valence-electron chi connectivity index (χ1n) is 11.6. The molecule has 2 heterocycles. The van der Waals surface area contributed by atoms with E-state index in [1.54, 1.807) is 0 Å². The van der Waals surface area contributed by atoms with Crippen molar-refractivity contribution in [3.8, 4) is 22.6 Å². The molecule has 0 aliphatic rings. The molecule has 4 aromatic rings. The summed E-state index contributed by atoms with van der Waals surface area (Å²) in [4.78, 5) is 20.0. The predicted molar refractivity (Wildman–Crippen MR) is 141 cm³/mol. The van der Waals surface area contributed by atoms with Crippen LogP contribution in [0.4, 0.5) is 5.13 Å². The van der Waals surface area contributed by atoms with E-state index in [0.29, 0.717) is 6.54 Å². The molecule has 176 valence electrons. The number of hydrogen-bond acceptors (Lipinski definition) is 6. The molecular formula is C26H29N5OS2. The minimum Gasteiger partial charge on any atom is -0.305 e. The van der Waals surface area contributed by atoms with Crippen molar-refractivity contribution in [2.45, 2.75) is 37.8 Å². The molecule has 2 aromatic heterocycles. The van der Waals surface area contributed by atoms with Crippen molar-refractivity contribution in [3.05, 3.63) is 66.0 Å². The second-order valence-electron chi connectivity index (χ2n) is 8.01. The van der Waals surface area contributed by atoms with Gasteiger partial charge in [-0.25, -0.2) is 4.98 Å². The van der Waals surface area contributed by atoms with Crippen molar-refractivity contribution in [3.63, 3.8) is 0 Å². The number of carbonyl (C=O) groups excluding carboxylic acids is 1. The molecular weight excluding hydrogens is 462 g/mol.